The van der Waals surface area contributed by atoms with E-state index in [-0.39, 0.29) is 18.0 Å². The SMILES string of the molecule is CC(C)CC(N)C(=O)NC(C)C12CC3CC(CC(C3)C1)C2. The molecule has 4 fully saturated rings. The van der Waals surface area contributed by atoms with E-state index in [2.05, 4.69) is 26.1 Å². The van der Waals surface area contributed by atoms with E-state index in [1.807, 2.05) is 0 Å². The first-order valence-electron chi connectivity index (χ1n) is 8.94. The highest BCUT2D eigenvalue weighted by atomic mass is 16.2. The fraction of sp³-hybridized carbons (Fsp3) is 0.944. The highest BCUT2D eigenvalue weighted by molar-refractivity contribution is 5.81. The number of rotatable bonds is 5. The van der Waals surface area contributed by atoms with E-state index < -0.39 is 0 Å². The van der Waals surface area contributed by atoms with Crippen LogP contribution in [0.2, 0.25) is 0 Å². The Balaban J connectivity index is 1.62. The molecule has 2 unspecified atom stereocenters. The van der Waals surface area contributed by atoms with Gasteiger partial charge in [0.1, 0.15) is 0 Å². The van der Waals surface area contributed by atoms with Gasteiger partial charge in [0.15, 0.2) is 0 Å². The summed E-state index contributed by atoms with van der Waals surface area (Å²) in [4.78, 5) is 12.3. The summed E-state index contributed by atoms with van der Waals surface area (Å²) < 4.78 is 0. The van der Waals surface area contributed by atoms with Crippen LogP contribution in [0.15, 0.2) is 0 Å². The van der Waals surface area contributed by atoms with Crippen molar-refractivity contribution in [3.63, 3.8) is 0 Å². The van der Waals surface area contributed by atoms with E-state index in [4.69, 9.17) is 5.73 Å². The minimum absolute atomic E-state index is 0.0620. The molecule has 1 amide bonds. The first-order chi connectivity index (χ1) is 9.88. The second-order valence-electron chi connectivity index (χ2n) is 8.75. The summed E-state index contributed by atoms with van der Waals surface area (Å²) in [7, 11) is 0. The van der Waals surface area contributed by atoms with Crippen molar-refractivity contribution in [3.8, 4) is 0 Å². The van der Waals surface area contributed by atoms with Crippen molar-refractivity contribution in [1.29, 1.82) is 0 Å². The summed E-state index contributed by atoms with van der Waals surface area (Å²) in [6.07, 6.45) is 9.13. The molecular weight excluding hydrogens is 260 g/mol. The van der Waals surface area contributed by atoms with Crippen LogP contribution in [0.5, 0.6) is 0 Å². The monoisotopic (exact) mass is 292 g/mol. The molecule has 4 saturated carbocycles. The molecule has 3 heteroatoms. The predicted molar refractivity (Wildman–Crippen MR) is 85.6 cm³/mol. The Morgan fingerprint density at radius 1 is 1.10 bits per heavy atom. The molecule has 4 rings (SSSR count). The molecule has 0 aromatic rings. The molecule has 0 spiro atoms. The minimum Gasteiger partial charge on any atom is -0.352 e. The summed E-state index contributed by atoms with van der Waals surface area (Å²) >= 11 is 0. The number of nitrogens with two attached hydrogens (primary N) is 1. The van der Waals surface area contributed by atoms with Crippen molar-refractivity contribution in [2.24, 2.45) is 34.8 Å². The van der Waals surface area contributed by atoms with Crippen molar-refractivity contribution in [3.05, 3.63) is 0 Å². The van der Waals surface area contributed by atoms with Gasteiger partial charge in [-0.3, -0.25) is 4.79 Å². The Labute approximate surface area is 129 Å². The standard InChI is InChI=1S/C18H32N2O/c1-11(2)4-16(19)17(21)20-12(3)18-8-13-5-14(9-18)7-15(6-13)10-18/h11-16H,4-10,19H2,1-3H3,(H,20,21). The summed E-state index contributed by atoms with van der Waals surface area (Å²) in [5, 5.41) is 3.28. The molecule has 0 saturated heterocycles. The van der Waals surface area contributed by atoms with Gasteiger partial charge in [-0.25, -0.2) is 0 Å². The number of hydrogen-bond acceptors (Lipinski definition) is 2. The van der Waals surface area contributed by atoms with Crippen molar-refractivity contribution >= 4 is 5.91 Å². The van der Waals surface area contributed by atoms with E-state index in [0.717, 1.165) is 24.2 Å². The van der Waals surface area contributed by atoms with Gasteiger partial charge in [-0.15, -0.1) is 0 Å². The largest absolute Gasteiger partial charge is 0.352 e. The maximum Gasteiger partial charge on any atom is 0.237 e. The molecule has 0 aromatic heterocycles. The quantitative estimate of drug-likeness (QED) is 0.818. The first-order valence-corrected chi connectivity index (χ1v) is 8.94. The molecule has 4 aliphatic rings. The zero-order valence-corrected chi connectivity index (χ0v) is 13.9. The fourth-order valence-electron chi connectivity index (χ4n) is 5.80. The molecule has 0 radical (unpaired) electrons. The van der Waals surface area contributed by atoms with Gasteiger partial charge in [0.2, 0.25) is 5.91 Å². The van der Waals surface area contributed by atoms with E-state index in [1.165, 1.54) is 38.5 Å². The smallest absolute Gasteiger partial charge is 0.237 e. The highest BCUT2D eigenvalue weighted by Gasteiger charge is 2.53. The lowest BCUT2D eigenvalue weighted by atomic mass is 9.48. The molecule has 21 heavy (non-hydrogen) atoms. The second-order valence-corrected chi connectivity index (χ2v) is 8.75. The normalized spacial score (nSPS) is 40.3. The summed E-state index contributed by atoms with van der Waals surface area (Å²) in [5.74, 6) is 3.33. The Kier molecular flexibility index (Phi) is 4.06. The zero-order valence-electron chi connectivity index (χ0n) is 13.9. The Morgan fingerprint density at radius 2 is 1.57 bits per heavy atom. The Morgan fingerprint density at radius 3 is 2.00 bits per heavy atom. The van der Waals surface area contributed by atoms with Gasteiger partial charge in [-0.05, 0) is 81.0 Å². The van der Waals surface area contributed by atoms with E-state index in [1.54, 1.807) is 0 Å². The molecule has 2 atom stereocenters. The lowest BCUT2D eigenvalue weighted by Gasteiger charge is -2.59. The third kappa shape index (κ3) is 2.99. The van der Waals surface area contributed by atoms with E-state index in [9.17, 15) is 4.79 Å². The van der Waals surface area contributed by atoms with Crippen LogP contribution in [-0.2, 0) is 4.79 Å². The molecule has 3 N–H and O–H groups in total. The van der Waals surface area contributed by atoms with Gasteiger partial charge in [-0.1, -0.05) is 13.8 Å². The van der Waals surface area contributed by atoms with Crippen LogP contribution in [0.1, 0.15) is 65.7 Å². The van der Waals surface area contributed by atoms with E-state index >= 15 is 0 Å². The van der Waals surface area contributed by atoms with Gasteiger partial charge >= 0.3 is 0 Å². The van der Waals surface area contributed by atoms with Crippen LogP contribution in [0, 0.1) is 29.1 Å². The summed E-state index contributed by atoms with van der Waals surface area (Å²) in [5.41, 5.74) is 6.42. The van der Waals surface area contributed by atoms with Gasteiger partial charge in [0, 0.05) is 6.04 Å². The fourth-order valence-corrected chi connectivity index (χ4v) is 5.80. The maximum atomic E-state index is 12.3. The maximum absolute atomic E-state index is 12.3. The Bertz CT molecular complexity index is 369. The van der Waals surface area contributed by atoms with Crippen LogP contribution < -0.4 is 11.1 Å². The van der Waals surface area contributed by atoms with Crippen LogP contribution in [0.25, 0.3) is 0 Å². The summed E-state index contributed by atoms with van der Waals surface area (Å²) in [6.45, 7) is 6.47. The lowest BCUT2D eigenvalue weighted by molar-refractivity contribution is -0.127. The van der Waals surface area contributed by atoms with Gasteiger partial charge in [0.25, 0.3) is 0 Å². The minimum atomic E-state index is -0.346. The second kappa shape index (κ2) is 5.57. The molecule has 0 aromatic carbocycles. The van der Waals surface area contributed by atoms with Crippen LogP contribution >= 0.6 is 0 Å². The van der Waals surface area contributed by atoms with Crippen LogP contribution in [0.4, 0.5) is 0 Å². The molecule has 0 aliphatic heterocycles. The zero-order chi connectivity index (χ0) is 15.2. The topological polar surface area (TPSA) is 55.1 Å². The lowest BCUT2D eigenvalue weighted by Crippen LogP contribution is -2.57. The average Bonchev–Trinajstić information content (AvgIpc) is 2.35. The molecule has 4 aliphatic carbocycles. The first kappa shape index (κ1) is 15.3. The highest BCUT2D eigenvalue weighted by Crippen LogP contribution is 2.61. The number of amides is 1. The van der Waals surface area contributed by atoms with Crippen molar-refractivity contribution in [1.82, 2.24) is 5.32 Å². The molecule has 120 valence electrons. The number of nitrogens with one attached hydrogen (secondary N) is 1. The molecule has 3 nitrogen and oxygen atoms in total. The van der Waals surface area contributed by atoms with Crippen molar-refractivity contribution < 1.29 is 4.79 Å². The van der Waals surface area contributed by atoms with Crippen LogP contribution in [0.3, 0.4) is 0 Å². The molecule has 4 bridgehead atoms. The third-order valence-electron chi connectivity index (χ3n) is 6.43. The number of hydrogen-bond donors (Lipinski definition) is 2. The summed E-state index contributed by atoms with van der Waals surface area (Å²) in [6, 6.07) is -0.0574. The van der Waals surface area contributed by atoms with Gasteiger partial charge in [0.05, 0.1) is 6.04 Å². The van der Waals surface area contributed by atoms with Crippen molar-refractivity contribution in [2.45, 2.75) is 77.8 Å². The Hall–Kier alpha value is -0.570. The average molecular weight is 292 g/mol. The number of carbonyl (C=O) groups is 1. The predicted octanol–water partition coefficient (Wildman–Crippen LogP) is 3.08. The van der Waals surface area contributed by atoms with E-state index in [0.29, 0.717) is 11.3 Å². The van der Waals surface area contributed by atoms with Crippen LogP contribution in [-0.4, -0.2) is 18.0 Å². The number of carbonyl (C=O) groups excluding carboxylic acids is 1. The van der Waals surface area contributed by atoms with Gasteiger partial charge in [-0.2, -0.15) is 0 Å². The third-order valence-corrected chi connectivity index (χ3v) is 6.43. The molecular formula is C18H32N2O. The molecule has 0 heterocycles. The van der Waals surface area contributed by atoms with Crippen molar-refractivity contribution in [2.75, 3.05) is 0 Å². The van der Waals surface area contributed by atoms with Gasteiger partial charge < -0.3 is 11.1 Å².